The number of carbonyl (C=O) groups is 2. The smallest absolute Gasteiger partial charge is 0.147 e. The highest BCUT2D eigenvalue weighted by Gasteiger charge is 2.32. The van der Waals surface area contributed by atoms with Crippen LogP contribution in [0.5, 0.6) is 5.75 Å². The molecule has 3 nitrogen and oxygen atoms in total. The van der Waals surface area contributed by atoms with E-state index in [2.05, 4.69) is 38.1 Å². The fourth-order valence-electron chi connectivity index (χ4n) is 4.87. The van der Waals surface area contributed by atoms with Crippen molar-refractivity contribution in [1.82, 2.24) is 0 Å². The van der Waals surface area contributed by atoms with Crippen molar-refractivity contribution in [2.45, 2.75) is 84.5 Å². The minimum Gasteiger partial charge on any atom is -0.494 e. The predicted molar refractivity (Wildman–Crippen MR) is 136 cm³/mol. The highest BCUT2D eigenvalue weighted by molar-refractivity contribution is 6.03. The molecule has 178 valence electrons. The third kappa shape index (κ3) is 7.84. The van der Waals surface area contributed by atoms with Crippen molar-refractivity contribution < 1.29 is 14.3 Å². The first-order valence-electron chi connectivity index (χ1n) is 13.0. The molecular formula is C30H40O3. The van der Waals surface area contributed by atoms with Crippen molar-refractivity contribution in [3.8, 4) is 16.9 Å². The number of carbonyl (C=O) groups excluding carboxylic acids is 2. The SMILES string of the molecule is CCCCCCCOc1ccc(-c2ccc(CC(=O)C3CCC(CCC)CC3=O)cc2)cc1. The Labute approximate surface area is 199 Å². The van der Waals surface area contributed by atoms with E-state index in [0.717, 1.165) is 61.2 Å². The van der Waals surface area contributed by atoms with E-state index in [1.165, 1.54) is 25.7 Å². The summed E-state index contributed by atoms with van der Waals surface area (Å²) in [6.07, 6.45) is 11.1. The summed E-state index contributed by atoms with van der Waals surface area (Å²) in [5.41, 5.74) is 3.23. The monoisotopic (exact) mass is 448 g/mol. The topological polar surface area (TPSA) is 43.4 Å². The Bertz CT molecular complexity index is 866. The Balaban J connectivity index is 1.48. The quantitative estimate of drug-likeness (QED) is 0.234. The maximum Gasteiger partial charge on any atom is 0.147 e. The average molecular weight is 449 g/mol. The van der Waals surface area contributed by atoms with Crippen molar-refractivity contribution in [1.29, 1.82) is 0 Å². The summed E-state index contributed by atoms with van der Waals surface area (Å²) >= 11 is 0. The van der Waals surface area contributed by atoms with Gasteiger partial charge in [-0.05, 0) is 54.0 Å². The van der Waals surface area contributed by atoms with Gasteiger partial charge in [-0.1, -0.05) is 88.8 Å². The van der Waals surface area contributed by atoms with Gasteiger partial charge in [0, 0.05) is 12.8 Å². The molecule has 1 aliphatic rings. The van der Waals surface area contributed by atoms with Crippen LogP contribution in [0, 0.1) is 11.8 Å². The summed E-state index contributed by atoms with van der Waals surface area (Å²) in [4.78, 5) is 25.2. The van der Waals surface area contributed by atoms with E-state index in [1.54, 1.807) is 0 Å². The van der Waals surface area contributed by atoms with Gasteiger partial charge in [-0.2, -0.15) is 0 Å². The molecule has 2 aromatic carbocycles. The van der Waals surface area contributed by atoms with Crippen molar-refractivity contribution in [2.24, 2.45) is 11.8 Å². The lowest BCUT2D eigenvalue weighted by Crippen LogP contribution is -2.31. The van der Waals surface area contributed by atoms with Crippen molar-refractivity contribution in [3.63, 3.8) is 0 Å². The molecular weight excluding hydrogens is 408 g/mol. The van der Waals surface area contributed by atoms with Crippen molar-refractivity contribution >= 4 is 11.6 Å². The van der Waals surface area contributed by atoms with E-state index in [4.69, 9.17) is 4.74 Å². The van der Waals surface area contributed by atoms with E-state index in [-0.39, 0.29) is 11.6 Å². The Morgan fingerprint density at radius 1 is 0.848 bits per heavy atom. The summed E-state index contributed by atoms with van der Waals surface area (Å²) < 4.78 is 5.86. The molecule has 0 aliphatic heterocycles. The number of Topliss-reactive ketones (excluding diaryl/α,β-unsaturated/α-hetero) is 2. The van der Waals surface area contributed by atoms with E-state index < -0.39 is 5.92 Å². The number of benzene rings is 2. The lowest BCUT2D eigenvalue weighted by Gasteiger charge is -2.26. The summed E-state index contributed by atoms with van der Waals surface area (Å²) in [6.45, 7) is 5.16. The first kappa shape index (κ1) is 25.2. The molecule has 0 radical (unpaired) electrons. The maximum atomic E-state index is 12.8. The van der Waals surface area contributed by atoms with E-state index in [1.807, 2.05) is 24.3 Å². The van der Waals surface area contributed by atoms with E-state index in [0.29, 0.717) is 18.8 Å². The maximum absolute atomic E-state index is 12.8. The third-order valence-electron chi connectivity index (χ3n) is 6.86. The molecule has 0 heterocycles. The van der Waals surface area contributed by atoms with Crippen molar-refractivity contribution in [2.75, 3.05) is 6.61 Å². The van der Waals surface area contributed by atoms with Gasteiger partial charge in [0.25, 0.3) is 0 Å². The second kappa shape index (κ2) is 13.3. The van der Waals surface area contributed by atoms with Gasteiger partial charge in [0.1, 0.15) is 17.3 Å². The van der Waals surface area contributed by atoms with Crippen LogP contribution in [0.2, 0.25) is 0 Å². The molecule has 0 aromatic heterocycles. The van der Waals surface area contributed by atoms with Crippen LogP contribution in [0.4, 0.5) is 0 Å². The molecule has 2 unspecified atom stereocenters. The minimum atomic E-state index is -0.392. The summed E-state index contributed by atoms with van der Waals surface area (Å²) in [5, 5.41) is 0. The number of ketones is 2. The number of hydrogen-bond donors (Lipinski definition) is 0. The van der Waals surface area contributed by atoms with E-state index >= 15 is 0 Å². The lowest BCUT2D eigenvalue weighted by molar-refractivity contribution is -0.135. The summed E-state index contributed by atoms with van der Waals surface area (Å²) in [6, 6.07) is 16.4. The van der Waals surface area contributed by atoms with Crippen LogP contribution in [0.25, 0.3) is 11.1 Å². The Kier molecular flexibility index (Phi) is 10.2. The van der Waals surface area contributed by atoms with Gasteiger partial charge in [0.05, 0.1) is 12.5 Å². The molecule has 2 atom stereocenters. The Hall–Kier alpha value is -2.42. The van der Waals surface area contributed by atoms with Gasteiger partial charge in [0.15, 0.2) is 0 Å². The zero-order chi connectivity index (χ0) is 23.5. The molecule has 33 heavy (non-hydrogen) atoms. The largest absolute Gasteiger partial charge is 0.494 e. The Morgan fingerprint density at radius 2 is 1.52 bits per heavy atom. The predicted octanol–water partition coefficient (Wildman–Crippen LogP) is 7.60. The van der Waals surface area contributed by atoms with Crippen LogP contribution in [-0.2, 0) is 16.0 Å². The van der Waals surface area contributed by atoms with Gasteiger partial charge in [-0.3, -0.25) is 9.59 Å². The van der Waals surface area contributed by atoms with E-state index in [9.17, 15) is 9.59 Å². The van der Waals surface area contributed by atoms with Gasteiger partial charge in [-0.25, -0.2) is 0 Å². The third-order valence-corrected chi connectivity index (χ3v) is 6.86. The molecule has 1 fully saturated rings. The first-order valence-corrected chi connectivity index (χ1v) is 13.0. The second-order valence-corrected chi connectivity index (χ2v) is 9.58. The van der Waals surface area contributed by atoms with Crippen LogP contribution in [0.15, 0.2) is 48.5 Å². The number of rotatable bonds is 13. The summed E-state index contributed by atoms with van der Waals surface area (Å²) in [5.74, 6) is 1.24. The highest BCUT2D eigenvalue weighted by Crippen LogP contribution is 2.30. The van der Waals surface area contributed by atoms with Crippen LogP contribution in [0.1, 0.15) is 83.6 Å². The van der Waals surface area contributed by atoms with Gasteiger partial charge in [0.2, 0.25) is 0 Å². The van der Waals surface area contributed by atoms with Gasteiger partial charge in [-0.15, -0.1) is 0 Å². The fourth-order valence-corrected chi connectivity index (χ4v) is 4.87. The molecule has 0 N–H and O–H groups in total. The normalized spacial score (nSPS) is 18.3. The number of unbranched alkanes of at least 4 members (excludes halogenated alkanes) is 4. The highest BCUT2D eigenvalue weighted by atomic mass is 16.5. The van der Waals surface area contributed by atoms with Gasteiger partial charge >= 0.3 is 0 Å². The second-order valence-electron chi connectivity index (χ2n) is 9.58. The molecule has 1 saturated carbocycles. The molecule has 3 rings (SSSR count). The number of hydrogen-bond acceptors (Lipinski definition) is 3. The average Bonchev–Trinajstić information content (AvgIpc) is 2.82. The number of ether oxygens (including phenoxy) is 1. The zero-order valence-corrected chi connectivity index (χ0v) is 20.5. The molecule has 3 heteroatoms. The summed E-state index contributed by atoms with van der Waals surface area (Å²) in [7, 11) is 0. The van der Waals surface area contributed by atoms with Crippen LogP contribution >= 0.6 is 0 Å². The van der Waals surface area contributed by atoms with Crippen LogP contribution in [0.3, 0.4) is 0 Å². The molecule has 0 bridgehead atoms. The molecule has 0 spiro atoms. The van der Waals surface area contributed by atoms with Crippen LogP contribution < -0.4 is 4.74 Å². The molecule has 2 aromatic rings. The lowest BCUT2D eigenvalue weighted by atomic mass is 9.76. The van der Waals surface area contributed by atoms with Gasteiger partial charge < -0.3 is 4.74 Å². The van der Waals surface area contributed by atoms with Crippen LogP contribution in [-0.4, -0.2) is 18.2 Å². The first-order chi connectivity index (χ1) is 16.1. The van der Waals surface area contributed by atoms with Crippen molar-refractivity contribution in [3.05, 3.63) is 54.1 Å². The minimum absolute atomic E-state index is 0.0823. The standard InChI is InChI=1S/C30H40O3/c1-3-5-6-7-8-20-33-27-17-15-26(16-18-27)25-13-10-24(11-14-25)22-30(32)28-19-12-23(9-4-2)21-29(28)31/h10-11,13-18,23,28H,3-9,12,19-22H2,1-2H3. The molecule has 0 amide bonds. The Morgan fingerprint density at radius 3 is 2.15 bits per heavy atom. The fraction of sp³-hybridized carbons (Fsp3) is 0.533. The molecule has 1 aliphatic carbocycles. The molecule has 0 saturated heterocycles. The zero-order valence-electron chi connectivity index (χ0n) is 20.5.